The molecule has 0 bridgehead atoms. The molecule has 0 spiro atoms. The van der Waals surface area contributed by atoms with Gasteiger partial charge in [0.25, 0.3) is 0 Å². The Bertz CT molecular complexity index is 1250. The number of carbonyl (C=O) groups is 1. The van der Waals surface area contributed by atoms with Crippen LogP contribution in [0.1, 0.15) is 13.3 Å². The average Bonchev–Trinajstić information content (AvgIpc) is 3.24. The van der Waals surface area contributed by atoms with Crippen molar-refractivity contribution in [3.63, 3.8) is 0 Å². The number of ether oxygens (including phenoxy) is 2. The van der Waals surface area contributed by atoms with E-state index in [4.69, 9.17) is 9.47 Å². The molecule has 0 aliphatic rings. The van der Waals surface area contributed by atoms with Gasteiger partial charge < -0.3 is 20.1 Å². The van der Waals surface area contributed by atoms with Crippen LogP contribution in [0.25, 0.3) is 21.3 Å². The zero-order valence-electron chi connectivity index (χ0n) is 18.0. The summed E-state index contributed by atoms with van der Waals surface area (Å²) in [5.41, 5.74) is 1.86. The number of nitrogens with one attached hydrogen (secondary N) is 2. The van der Waals surface area contributed by atoms with Gasteiger partial charge in [-0.3, -0.25) is 0 Å². The molecule has 9 heteroatoms. The number of hydrogen-bond acceptors (Lipinski definition) is 6. The molecule has 2 aromatic heterocycles. The number of carbonyl (C=O) groups excluding carboxylic acids is 1. The fraction of sp³-hybridized carbons (Fsp3) is 0.208. The summed E-state index contributed by atoms with van der Waals surface area (Å²) < 4.78 is 26.0. The Balaban J connectivity index is 1.35. The van der Waals surface area contributed by atoms with Crippen LogP contribution in [0.15, 0.2) is 60.2 Å². The number of nitrogens with zero attached hydrogens (tertiary/aromatic N) is 2. The maximum Gasteiger partial charge on any atom is 0.319 e. The maximum absolute atomic E-state index is 14.3. The monoisotopic (exact) mass is 466 g/mol. The summed E-state index contributed by atoms with van der Waals surface area (Å²) in [6, 6.07) is 13.5. The first-order valence-electron chi connectivity index (χ1n) is 10.5. The minimum atomic E-state index is -0.302. The molecule has 2 amide bonds. The molecule has 0 unspecified atom stereocenters. The third-order valence-electron chi connectivity index (χ3n) is 4.72. The van der Waals surface area contributed by atoms with E-state index in [1.54, 1.807) is 30.3 Å². The van der Waals surface area contributed by atoms with Gasteiger partial charge in [0.2, 0.25) is 5.88 Å². The van der Waals surface area contributed by atoms with Crippen molar-refractivity contribution in [3.05, 3.63) is 66.1 Å². The number of benzene rings is 2. The van der Waals surface area contributed by atoms with Crippen molar-refractivity contribution in [1.82, 2.24) is 15.3 Å². The van der Waals surface area contributed by atoms with E-state index in [9.17, 15) is 9.18 Å². The molecule has 4 rings (SSSR count). The van der Waals surface area contributed by atoms with Gasteiger partial charge in [0.15, 0.2) is 0 Å². The van der Waals surface area contributed by atoms with Crippen molar-refractivity contribution in [2.24, 2.45) is 0 Å². The normalized spacial score (nSPS) is 10.7. The molecule has 2 N–H and O–H groups in total. The van der Waals surface area contributed by atoms with E-state index in [2.05, 4.69) is 20.6 Å². The minimum Gasteiger partial charge on any atom is -0.493 e. The maximum atomic E-state index is 14.3. The molecule has 4 aromatic rings. The van der Waals surface area contributed by atoms with Crippen molar-refractivity contribution >= 4 is 33.3 Å². The lowest BCUT2D eigenvalue weighted by Crippen LogP contribution is -2.28. The van der Waals surface area contributed by atoms with E-state index >= 15 is 0 Å². The van der Waals surface area contributed by atoms with Gasteiger partial charge in [-0.25, -0.2) is 19.2 Å². The van der Waals surface area contributed by atoms with Crippen LogP contribution in [0, 0.1) is 5.82 Å². The van der Waals surface area contributed by atoms with E-state index in [1.165, 1.54) is 23.7 Å². The summed E-state index contributed by atoms with van der Waals surface area (Å²) in [4.78, 5) is 21.0. The van der Waals surface area contributed by atoms with E-state index < -0.39 is 0 Å². The predicted octanol–water partition coefficient (Wildman–Crippen LogP) is 5.49. The lowest BCUT2D eigenvalue weighted by Gasteiger charge is -2.11. The van der Waals surface area contributed by atoms with Crippen molar-refractivity contribution < 1.29 is 18.7 Å². The first-order chi connectivity index (χ1) is 16.2. The molecule has 0 atom stereocenters. The molecule has 0 saturated heterocycles. The topological polar surface area (TPSA) is 85.4 Å². The molecule has 33 heavy (non-hydrogen) atoms. The van der Waals surface area contributed by atoms with Gasteiger partial charge in [0, 0.05) is 41.2 Å². The standard InChI is InChI=1S/C24H23FN4O3S/c1-2-26-24(30)29-16-7-5-8-17(13-16)31-11-6-12-32-22-21-19(14-33-23(21)28-15-27-22)18-9-3-4-10-20(18)25/h3-5,7-10,13-15H,2,6,11-12H2,1H3,(H2,26,29,30). The summed E-state index contributed by atoms with van der Waals surface area (Å²) in [5, 5.41) is 8.00. The van der Waals surface area contributed by atoms with Gasteiger partial charge in [0.1, 0.15) is 22.7 Å². The Morgan fingerprint density at radius 3 is 2.76 bits per heavy atom. The Labute approximate surface area is 194 Å². The molecule has 0 aliphatic carbocycles. The smallest absolute Gasteiger partial charge is 0.319 e. The summed E-state index contributed by atoms with van der Waals surface area (Å²) in [6.07, 6.45) is 2.06. The molecule has 2 aromatic carbocycles. The first-order valence-corrected chi connectivity index (χ1v) is 11.4. The van der Waals surface area contributed by atoms with Crippen LogP contribution in [0.4, 0.5) is 14.9 Å². The zero-order valence-corrected chi connectivity index (χ0v) is 18.8. The van der Waals surface area contributed by atoms with Crippen LogP contribution in [-0.4, -0.2) is 35.8 Å². The molecular weight excluding hydrogens is 443 g/mol. The molecule has 2 heterocycles. The van der Waals surface area contributed by atoms with Crippen LogP contribution in [-0.2, 0) is 0 Å². The summed E-state index contributed by atoms with van der Waals surface area (Å²) in [5.74, 6) is 0.769. The summed E-state index contributed by atoms with van der Waals surface area (Å²) in [6.45, 7) is 3.19. The van der Waals surface area contributed by atoms with Crippen LogP contribution in [0.3, 0.4) is 0 Å². The second kappa shape index (κ2) is 10.7. The number of fused-ring (bicyclic) bond motifs is 1. The van der Waals surface area contributed by atoms with Gasteiger partial charge in [-0.1, -0.05) is 24.3 Å². The molecule has 0 aliphatic heterocycles. The minimum absolute atomic E-state index is 0.262. The third-order valence-corrected chi connectivity index (χ3v) is 5.61. The number of urea groups is 1. The highest BCUT2D eigenvalue weighted by atomic mass is 32.1. The fourth-order valence-electron chi connectivity index (χ4n) is 3.25. The highest BCUT2D eigenvalue weighted by Crippen LogP contribution is 2.38. The van der Waals surface area contributed by atoms with Gasteiger partial charge in [0.05, 0.1) is 18.6 Å². The van der Waals surface area contributed by atoms with Crippen molar-refractivity contribution in [1.29, 1.82) is 0 Å². The van der Waals surface area contributed by atoms with Crippen LogP contribution in [0.5, 0.6) is 11.6 Å². The zero-order chi connectivity index (χ0) is 23.0. The number of anilines is 1. The van der Waals surface area contributed by atoms with E-state index in [-0.39, 0.29) is 11.8 Å². The quantitative estimate of drug-likeness (QED) is 0.319. The van der Waals surface area contributed by atoms with E-state index in [1.807, 2.05) is 24.4 Å². The molecular formula is C24H23FN4O3S. The second-order valence-corrected chi connectivity index (χ2v) is 7.91. The second-order valence-electron chi connectivity index (χ2n) is 7.05. The number of aromatic nitrogens is 2. The van der Waals surface area contributed by atoms with Gasteiger partial charge in [-0.05, 0) is 25.1 Å². The Hall–Kier alpha value is -3.72. The van der Waals surface area contributed by atoms with Crippen molar-refractivity contribution in [2.75, 3.05) is 25.1 Å². The molecule has 170 valence electrons. The van der Waals surface area contributed by atoms with Crippen molar-refractivity contribution in [3.8, 4) is 22.8 Å². The van der Waals surface area contributed by atoms with Gasteiger partial charge >= 0.3 is 6.03 Å². The fourth-order valence-corrected chi connectivity index (χ4v) is 4.15. The summed E-state index contributed by atoms with van der Waals surface area (Å²) in [7, 11) is 0. The van der Waals surface area contributed by atoms with Gasteiger partial charge in [-0.2, -0.15) is 0 Å². The lowest BCUT2D eigenvalue weighted by molar-refractivity contribution is 0.244. The van der Waals surface area contributed by atoms with Crippen LogP contribution < -0.4 is 20.1 Å². The van der Waals surface area contributed by atoms with Crippen LogP contribution in [0.2, 0.25) is 0 Å². The molecule has 0 saturated carbocycles. The van der Waals surface area contributed by atoms with E-state index in [0.29, 0.717) is 54.4 Å². The lowest BCUT2D eigenvalue weighted by atomic mass is 10.1. The van der Waals surface area contributed by atoms with Crippen LogP contribution >= 0.6 is 11.3 Å². The number of hydrogen-bond donors (Lipinski definition) is 2. The summed E-state index contributed by atoms with van der Waals surface area (Å²) >= 11 is 1.42. The third kappa shape index (κ3) is 5.56. The highest BCUT2D eigenvalue weighted by molar-refractivity contribution is 7.17. The Morgan fingerprint density at radius 2 is 1.91 bits per heavy atom. The average molecular weight is 467 g/mol. The Kier molecular flexibility index (Phi) is 7.31. The first kappa shape index (κ1) is 22.5. The van der Waals surface area contributed by atoms with Gasteiger partial charge in [-0.15, -0.1) is 11.3 Å². The molecule has 0 radical (unpaired) electrons. The number of rotatable bonds is 9. The van der Waals surface area contributed by atoms with E-state index in [0.717, 1.165) is 10.4 Å². The Morgan fingerprint density at radius 1 is 1.06 bits per heavy atom. The predicted molar refractivity (Wildman–Crippen MR) is 128 cm³/mol. The molecule has 7 nitrogen and oxygen atoms in total. The number of amides is 2. The number of thiophene rings is 1. The highest BCUT2D eigenvalue weighted by Gasteiger charge is 2.16. The van der Waals surface area contributed by atoms with Crippen molar-refractivity contribution in [2.45, 2.75) is 13.3 Å². The number of halogens is 1. The molecule has 0 fully saturated rings. The SMILES string of the molecule is CCNC(=O)Nc1cccc(OCCCOc2ncnc3scc(-c4ccccc4F)c23)c1. The largest absolute Gasteiger partial charge is 0.493 e.